The van der Waals surface area contributed by atoms with Crippen molar-refractivity contribution in [2.75, 3.05) is 6.54 Å². The summed E-state index contributed by atoms with van der Waals surface area (Å²) in [5.41, 5.74) is 4.60. The van der Waals surface area contributed by atoms with Gasteiger partial charge >= 0.3 is 0 Å². The monoisotopic (exact) mass is 203 g/mol. The molecular formula is C14H21N. The minimum Gasteiger partial charge on any atom is -0.384 e. The van der Waals surface area contributed by atoms with Crippen LogP contribution in [0.15, 0.2) is 35.1 Å². The van der Waals surface area contributed by atoms with Crippen LogP contribution in [0.4, 0.5) is 0 Å². The summed E-state index contributed by atoms with van der Waals surface area (Å²) in [6.45, 7) is 10.2. The van der Waals surface area contributed by atoms with E-state index < -0.39 is 0 Å². The van der Waals surface area contributed by atoms with Gasteiger partial charge in [0.1, 0.15) is 0 Å². The van der Waals surface area contributed by atoms with E-state index in [-0.39, 0.29) is 5.41 Å². The summed E-state index contributed by atoms with van der Waals surface area (Å²) in [5, 5.41) is 3.47. The van der Waals surface area contributed by atoms with Crippen molar-refractivity contribution in [3.8, 4) is 0 Å². The van der Waals surface area contributed by atoms with Gasteiger partial charge in [0.25, 0.3) is 0 Å². The fourth-order valence-electron chi connectivity index (χ4n) is 2.37. The Morgan fingerprint density at radius 3 is 2.73 bits per heavy atom. The van der Waals surface area contributed by atoms with Crippen LogP contribution in [-0.4, -0.2) is 6.54 Å². The van der Waals surface area contributed by atoms with Crippen LogP contribution in [0.3, 0.4) is 0 Å². The van der Waals surface area contributed by atoms with Crippen molar-refractivity contribution in [1.29, 1.82) is 0 Å². The Balaban J connectivity index is 2.47. The van der Waals surface area contributed by atoms with E-state index in [9.17, 15) is 0 Å². The zero-order valence-corrected chi connectivity index (χ0v) is 10.2. The van der Waals surface area contributed by atoms with Gasteiger partial charge in [0, 0.05) is 17.7 Å². The molecule has 0 aromatic heterocycles. The lowest BCUT2D eigenvalue weighted by Gasteiger charge is -2.19. The van der Waals surface area contributed by atoms with Crippen LogP contribution < -0.4 is 5.32 Å². The fourth-order valence-corrected chi connectivity index (χ4v) is 2.37. The lowest BCUT2D eigenvalue weighted by molar-refractivity contribution is 0.607. The molecule has 15 heavy (non-hydrogen) atoms. The molecule has 0 aromatic rings. The third kappa shape index (κ3) is 2.01. The highest BCUT2D eigenvalue weighted by atomic mass is 14.9. The topological polar surface area (TPSA) is 12.0 Å². The first-order chi connectivity index (χ1) is 6.99. The molecule has 1 aliphatic heterocycles. The lowest BCUT2D eigenvalue weighted by atomic mass is 9.85. The van der Waals surface area contributed by atoms with Crippen LogP contribution >= 0.6 is 0 Å². The molecule has 0 atom stereocenters. The van der Waals surface area contributed by atoms with Crippen molar-refractivity contribution >= 4 is 0 Å². The number of nitrogens with one attached hydrogen (secondary N) is 1. The first-order valence-electron chi connectivity index (χ1n) is 5.89. The highest BCUT2D eigenvalue weighted by molar-refractivity contribution is 5.47. The maximum Gasteiger partial charge on any atom is 0.0373 e. The number of hydrogen-bond acceptors (Lipinski definition) is 1. The molecule has 2 aliphatic rings. The molecule has 0 spiro atoms. The molecule has 0 saturated carbocycles. The van der Waals surface area contributed by atoms with Crippen molar-refractivity contribution in [2.45, 2.75) is 34.1 Å². The Bertz CT molecular complexity index is 354. The molecule has 1 nitrogen and oxygen atoms in total. The van der Waals surface area contributed by atoms with E-state index in [4.69, 9.17) is 0 Å². The minimum absolute atomic E-state index is 0.186. The van der Waals surface area contributed by atoms with Gasteiger partial charge in [-0.2, -0.15) is 0 Å². The van der Waals surface area contributed by atoms with E-state index in [2.05, 4.69) is 51.2 Å². The minimum atomic E-state index is 0.186. The molecule has 0 unspecified atom stereocenters. The van der Waals surface area contributed by atoms with Crippen LogP contribution in [0.5, 0.6) is 0 Å². The third-order valence-corrected chi connectivity index (χ3v) is 3.19. The van der Waals surface area contributed by atoms with E-state index in [1.165, 1.54) is 23.3 Å². The maximum absolute atomic E-state index is 3.47. The molecule has 0 fully saturated rings. The lowest BCUT2D eigenvalue weighted by Crippen LogP contribution is -2.08. The molecule has 1 heteroatoms. The standard InChI is InChI=1S/C14H21N/c1-10(2)12-9-14(3,4)7-5-13-11(12)6-8-15-13/h5,7,9-10,15H,6,8H2,1-4H3. The molecule has 0 radical (unpaired) electrons. The van der Waals surface area contributed by atoms with Gasteiger partial charge in [0.05, 0.1) is 0 Å². The molecule has 1 N–H and O–H groups in total. The summed E-state index contributed by atoms with van der Waals surface area (Å²) in [5.74, 6) is 0.620. The summed E-state index contributed by atoms with van der Waals surface area (Å²) in [6.07, 6.45) is 8.17. The Kier molecular flexibility index (Phi) is 2.49. The molecule has 0 aromatic carbocycles. The third-order valence-electron chi connectivity index (χ3n) is 3.19. The Morgan fingerprint density at radius 1 is 1.33 bits per heavy atom. The molecule has 1 heterocycles. The molecule has 0 amide bonds. The van der Waals surface area contributed by atoms with E-state index >= 15 is 0 Å². The van der Waals surface area contributed by atoms with Crippen LogP contribution in [0.25, 0.3) is 0 Å². The smallest absolute Gasteiger partial charge is 0.0373 e. The predicted molar refractivity (Wildman–Crippen MR) is 65.5 cm³/mol. The number of hydrogen-bond donors (Lipinski definition) is 1. The average Bonchev–Trinajstić information content (AvgIpc) is 2.54. The summed E-state index contributed by atoms with van der Waals surface area (Å²) in [7, 11) is 0. The van der Waals surface area contributed by atoms with E-state index in [0.29, 0.717) is 5.92 Å². The van der Waals surface area contributed by atoms with Gasteiger partial charge in [-0.15, -0.1) is 0 Å². The molecule has 0 saturated heterocycles. The summed E-state index contributed by atoms with van der Waals surface area (Å²) in [6, 6.07) is 0. The van der Waals surface area contributed by atoms with Crippen molar-refractivity contribution in [1.82, 2.24) is 5.32 Å². The molecular weight excluding hydrogens is 182 g/mol. The Hall–Kier alpha value is -0.980. The van der Waals surface area contributed by atoms with Gasteiger partial charge in [-0.3, -0.25) is 0 Å². The van der Waals surface area contributed by atoms with Gasteiger partial charge in [0.15, 0.2) is 0 Å². The largest absolute Gasteiger partial charge is 0.384 e. The first kappa shape index (κ1) is 10.5. The number of rotatable bonds is 1. The normalized spacial score (nSPS) is 23.7. The van der Waals surface area contributed by atoms with Gasteiger partial charge < -0.3 is 5.32 Å². The SMILES string of the molecule is CC(C)C1=CC(C)(C)C=CC2=C1CCN2. The molecule has 82 valence electrons. The van der Waals surface area contributed by atoms with Gasteiger partial charge in [-0.25, -0.2) is 0 Å². The summed E-state index contributed by atoms with van der Waals surface area (Å²) in [4.78, 5) is 0. The fraction of sp³-hybridized carbons (Fsp3) is 0.571. The second-order valence-electron chi connectivity index (χ2n) is 5.48. The Morgan fingerprint density at radius 2 is 2.07 bits per heavy atom. The highest BCUT2D eigenvalue weighted by Gasteiger charge is 2.24. The molecule has 1 aliphatic carbocycles. The zero-order valence-electron chi connectivity index (χ0n) is 10.2. The van der Waals surface area contributed by atoms with Crippen LogP contribution in [0, 0.1) is 11.3 Å². The van der Waals surface area contributed by atoms with E-state index in [1.54, 1.807) is 0 Å². The van der Waals surface area contributed by atoms with Crippen molar-refractivity contribution in [2.24, 2.45) is 11.3 Å². The van der Waals surface area contributed by atoms with Crippen LogP contribution in [0.1, 0.15) is 34.1 Å². The highest BCUT2D eigenvalue weighted by Crippen LogP contribution is 2.35. The Labute approximate surface area is 93.0 Å². The summed E-state index contributed by atoms with van der Waals surface area (Å²) < 4.78 is 0. The first-order valence-corrected chi connectivity index (χ1v) is 5.89. The van der Waals surface area contributed by atoms with Crippen molar-refractivity contribution in [3.63, 3.8) is 0 Å². The molecule has 0 bridgehead atoms. The second kappa shape index (κ2) is 3.55. The van der Waals surface area contributed by atoms with Gasteiger partial charge in [-0.1, -0.05) is 39.8 Å². The van der Waals surface area contributed by atoms with Gasteiger partial charge in [-0.05, 0) is 29.6 Å². The predicted octanol–water partition coefficient (Wildman–Crippen LogP) is 3.41. The van der Waals surface area contributed by atoms with Crippen molar-refractivity contribution < 1.29 is 0 Å². The average molecular weight is 203 g/mol. The molecule has 2 rings (SSSR count). The van der Waals surface area contributed by atoms with Crippen molar-refractivity contribution in [3.05, 3.63) is 35.1 Å². The van der Waals surface area contributed by atoms with Crippen LogP contribution in [0.2, 0.25) is 0 Å². The zero-order chi connectivity index (χ0) is 11.1. The van der Waals surface area contributed by atoms with Crippen LogP contribution in [-0.2, 0) is 0 Å². The van der Waals surface area contributed by atoms with Gasteiger partial charge in [0.2, 0.25) is 0 Å². The second-order valence-corrected chi connectivity index (χ2v) is 5.48. The number of allylic oxidation sites excluding steroid dienone is 4. The quantitative estimate of drug-likeness (QED) is 0.688. The maximum atomic E-state index is 3.47. The van der Waals surface area contributed by atoms with E-state index in [0.717, 1.165) is 6.54 Å². The van der Waals surface area contributed by atoms with E-state index in [1.807, 2.05) is 0 Å². The summed E-state index contributed by atoms with van der Waals surface area (Å²) >= 11 is 0.